The van der Waals surface area contributed by atoms with E-state index in [1.807, 2.05) is 30.3 Å². The zero-order chi connectivity index (χ0) is 16.9. The van der Waals surface area contributed by atoms with Gasteiger partial charge in [-0.15, -0.1) is 12.4 Å². The quantitative estimate of drug-likeness (QED) is 0.907. The maximum atomic E-state index is 13.0. The lowest BCUT2D eigenvalue weighted by molar-refractivity contribution is -0.140. The van der Waals surface area contributed by atoms with Gasteiger partial charge in [-0.2, -0.15) is 0 Å². The third-order valence-electron chi connectivity index (χ3n) is 4.24. The van der Waals surface area contributed by atoms with Crippen LogP contribution in [0.15, 0.2) is 54.6 Å². The molecule has 1 amide bonds. The van der Waals surface area contributed by atoms with Gasteiger partial charge in [0.05, 0.1) is 19.2 Å². The van der Waals surface area contributed by atoms with Crippen molar-refractivity contribution in [3.63, 3.8) is 0 Å². The monoisotopic (exact) mass is 364 g/mol. The van der Waals surface area contributed by atoms with E-state index in [-0.39, 0.29) is 30.2 Å². The van der Waals surface area contributed by atoms with E-state index < -0.39 is 6.04 Å². The summed E-state index contributed by atoms with van der Waals surface area (Å²) in [5, 5.41) is 0. The first-order chi connectivity index (χ1) is 11.6. The summed E-state index contributed by atoms with van der Waals surface area (Å²) in [6.45, 7) is 1.41. The first kappa shape index (κ1) is 19.4. The molecule has 3 rings (SSSR count). The number of nitrogens with two attached hydrogens (primary N) is 1. The second-order valence-corrected chi connectivity index (χ2v) is 5.99. The summed E-state index contributed by atoms with van der Waals surface area (Å²) in [5.74, 6) is -0.360. The zero-order valence-electron chi connectivity index (χ0n) is 13.8. The fourth-order valence-electron chi connectivity index (χ4n) is 2.92. The van der Waals surface area contributed by atoms with E-state index in [1.165, 1.54) is 12.1 Å². The topological polar surface area (TPSA) is 55.6 Å². The molecule has 134 valence electrons. The highest BCUT2D eigenvalue weighted by Crippen LogP contribution is 2.23. The molecule has 1 aliphatic heterocycles. The molecule has 2 aromatic rings. The lowest BCUT2D eigenvalue weighted by Crippen LogP contribution is -2.50. The van der Waals surface area contributed by atoms with Crippen molar-refractivity contribution in [3.8, 4) is 0 Å². The third-order valence-corrected chi connectivity index (χ3v) is 4.24. The average molecular weight is 365 g/mol. The SMILES string of the molecule is Cl.NC(Cc1ccccc1)C(=O)N1CCOC(c2ccc(F)cc2)C1. The van der Waals surface area contributed by atoms with Gasteiger partial charge in [0.15, 0.2) is 0 Å². The number of halogens is 2. The number of rotatable bonds is 4. The van der Waals surface area contributed by atoms with E-state index in [2.05, 4.69) is 0 Å². The standard InChI is InChI=1S/C19H21FN2O2.ClH/c20-16-8-6-15(7-9-16)18-13-22(10-11-24-18)19(23)17(21)12-14-4-2-1-3-5-14;/h1-9,17-18H,10-13,21H2;1H. The molecule has 25 heavy (non-hydrogen) atoms. The molecule has 0 bridgehead atoms. The Balaban J connectivity index is 0.00000225. The predicted molar refractivity (Wildman–Crippen MR) is 97.0 cm³/mol. The Kier molecular flexibility index (Phi) is 6.93. The fraction of sp³-hybridized carbons (Fsp3) is 0.316. The number of benzene rings is 2. The van der Waals surface area contributed by atoms with Crippen molar-refractivity contribution in [3.05, 3.63) is 71.5 Å². The predicted octanol–water partition coefficient (Wildman–Crippen LogP) is 2.72. The highest BCUT2D eigenvalue weighted by atomic mass is 35.5. The van der Waals surface area contributed by atoms with Crippen LogP contribution in [0, 0.1) is 5.82 Å². The van der Waals surface area contributed by atoms with Crippen LogP contribution < -0.4 is 5.73 Å². The molecule has 1 saturated heterocycles. The highest BCUT2D eigenvalue weighted by molar-refractivity contribution is 5.85. The van der Waals surface area contributed by atoms with Gasteiger partial charge in [0.2, 0.25) is 5.91 Å². The molecule has 6 heteroatoms. The lowest BCUT2D eigenvalue weighted by Gasteiger charge is -2.34. The minimum atomic E-state index is -0.570. The molecule has 2 atom stereocenters. The highest BCUT2D eigenvalue weighted by Gasteiger charge is 2.28. The second-order valence-electron chi connectivity index (χ2n) is 5.99. The molecule has 0 aromatic heterocycles. The molecular weight excluding hydrogens is 343 g/mol. The maximum absolute atomic E-state index is 13.0. The number of morpholine rings is 1. The minimum absolute atomic E-state index is 0. The van der Waals surface area contributed by atoms with Crippen LogP contribution in [-0.4, -0.2) is 36.5 Å². The number of carbonyl (C=O) groups excluding carboxylic acids is 1. The summed E-state index contributed by atoms with van der Waals surface area (Å²) < 4.78 is 18.8. The van der Waals surface area contributed by atoms with E-state index >= 15 is 0 Å². The Morgan fingerprint density at radius 1 is 1.20 bits per heavy atom. The number of carbonyl (C=O) groups is 1. The van der Waals surface area contributed by atoms with Crippen molar-refractivity contribution >= 4 is 18.3 Å². The summed E-state index contributed by atoms with van der Waals surface area (Å²) in [7, 11) is 0. The van der Waals surface area contributed by atoms with Gasteiger partial charge in [-0.3, -0.25) is 4.79 Å². The molecule has 0 spiro atoms. The fourth-order valence-corrected chi connectivity index (χ4v) is 2.92. The smallest absolute Gasteiger partial charge is 0.240 e. The Morgan fingerprint density at radius 2 is 1.88 bits per heavy atom. The van der Waals surface area contributed by atoms with E-state index in [9.17, 15) is 9.18 Å². The van der Waals surface area contributed by atoms with Crippen LogP contribution in [0.1, 0.15) is 17.2 Å². The van der Waals surface area contributed by atoms with Gasteiger partial charge < -0.3 is 15.4 Å². The van der Waals surface area contributed by atoms with Gasteiger partial charge in [-0.1, -0.05) is 42.5 Å². The number of ether oxygens (including phenoxy) is 1. The summed E-state index contributed by atoms with van der Waals surface area (Å²) in [5.41, 5.74) is 8.01. The van der Waals surface area contributed by atoms with E-state index in [1.54, 1.807) is 17.0 Å². The largest absolute Gasteiger partial charge is 0.370 e. The van der Waals surface area contributed by atoms with E-state index in [0.29, 0.717) is 26.1 Å². The van der Waals surface area contributed by atoms with Gasteiger partial charge in [-0.05, 0) is 29.7 Å². The Labute approximate surface area is 153 Å². The molecule has 2 aromatic carbocycles. The third kappa shape index (κ3) is 5.01. The molecule has 1 heterocycles. The van der Waals surface area contributed by atoms with Crippen LogP contribution in [0.3, 0.4) is 0 Å². The maximum Gasteiger partial charge on any atom is 0.240 e. The van der Waals surface area contributed by atoms with Crippen molar-refractivity contribution < 1.29 is 13.9 Å². The molecule has 1 aliphatic rings. The van der Waals surface area contributed by atoms with Crippen LogP contribution in [0.5, 0.6) is 0 Å². The normalized spacial score (nSPS) is 18.3. The van der Waals surface area contributed by atoms with E-state index in [0.717, 1.165) is 11.1 Å². The summed E-state index contributed by atoms with van der Waals surface area (Å²) in [6.07, 6.45) is 0.269. The van der Waals surface area contributed by atoms with Crippen LogP contribution in [-0.2, 0) is 16.0 Å². The molecule has 4 nitrogen and oxygen atoms in total. The Bertz CT molecular complexity index is 682. The van der Waals surface area contributed by atoms with Crippen LogP contribution in [0.2, 0.25) is 0 Å². The second kappa shape index (κ2) is 8.94. The lowest BCUT2D eigenvalue weighted by atomic mass is 10.0. The van der Waals surface area contributed by atoms with Gasteiger partial charge in [0, 0.05) is 6.54 Å². The van der Waals surface area contributed by atoms with Crippen molar-refractivity contribution in [1.82, 2.24) is 4.90 Å². The zero-order valence-corrected chi connectivity index (χ0v) is 14.6. The van der Waals surface area contributed by atoms with Gasteiger partial charge in [-0.25, -0.2) is 4.39 Å². The number of hydrogen-bond acceptors (Lipinski definition) is 3. The van der Waals surface area contributed by atoms with Gasteiger partial charge >= 0.3 is 0 Å². The summed E-state index contributed by atoms with van der Waals surface area (Å²) >= 11 is 0. The number of hydrogen-bond donors (Lipinski definition) is 1. The van der Waals surface area contributed by atoms with Crippen molar-refractivity contribution in [2.45, 2.75) is 18.6 Å². The van der Waals surface area contributed by atoms with Gasteiger partial charge in [0.25, 0.3) is 0 Å². The summed E-state index contributed by atoms with van der Waals surface area (Å²) in [4.78, 5) is 14.4. The Morgan fingerprint density at radius 3 is 2.56 bits per heavy atom. The van der Waals surface area contributed by atoms with Crippen molar-refractivity contribution in [2.24, 2.45) is 5.73 Å². The molecule has 0 radical (unpaired) electrons. The number of nitrogens with zero attached hydrogens (tertiary/aromatic N) is 1. The molecule has 0 saturated carbocycles. The molecular formula is C19H22ClFN2O2. The molecule has 1 fully saturated rings. The molecule has 0 aliphatic carbocycles. The van der Waals surface area contributed by atoms with Gasteiger partial charge in [0.1, 0.15) is 11.9 Å². The number of amides is 1. The minimum Gasteiger partial charge on any atom is -0.370 e. The van der Waals surface area contributed by atoms with Crippen molar-refractivity contribution in [1.29, 1.82) is 0 Å². The van der Waals surface area contributed by atoms with E-state index in [4.69, 9.17) is 10.5 Å². The van der Waals surface area contributed by atoms with Crippen molar-refractivity contribution in [2.75, 3.05) is 19.7 Å². The Hall–Kier alpha value is -1.95. The summed E-state index contributed by atoms with van der Waals surface area (Å²) in [6, 6.07) is 15.4. The molecule has 2 N–H and O–H groups in total. The van der Waals surface area contributed by atoms with Crippen LogP contribution in [0.4, 0.5) is 4.39 Å². The van der Waals surface area contributed by atoms with Crippen LogP contribution >= 0.6 is 12.4 Å². The first-order valence-corrected chi connectivity index (χ1v) is 8.09. The van der Waals surface area contributed by atoms with Crippen LogP contribution in [0.25, 0.3) is 0 Å². The molecule has 2 unspecified atom stereocenters. The first-order valence-electron chi connectivity index (χ1n) is 8.09. The average Bonchev–Trinajstić information content (AvgIpc) is 2.62.